The highest BCUT2D eigenvalue weighted by Gasteiger charge is 2.37. The van der Waals surface area contributed by atoms with Crippen LogP contribution in [0, 0.1) is 5.92 Å². The third kappa shape index (κ3) is 1.44. The van der Waals surface area contributed by atoms with Gasteiger partial charge in [0, 0.05) is 16.5 Å². The second-order valence-electron chi connectivity index (χ2n) is 4.04. The van der Waals surface area contributed by atoms with Crippen LogP contribution >= 0.6 is 22.6 Å². The molecule has 0 spiro atoms. The molecule has 0 aliphatic carbocycles. The van der Waals surface area contributed by atoms with Crippen LogP contribution in [-0.4, -0.2) is 28.5 Å². The van der Waals surface area contributed by atoms with Crippen molar-refractivity contribution in [3.05, 3.63) is 0 Å². The Labute approximate surface area is 82.7 Å². The summed E-state index contributed by atoms with van der Waals surface area (Å²) in [5, 5.41) is 0. The number of nitrogens with zero attached hydrogens (tertiary/aromatic N) is 1. The van der Waals surface area contributed by atoms with E-state index in [9.17, 15) is 0 Å². The zero-order chi connectivity index (χ0) is 7.84. The van der Waals surface area contributed by atoms with Gasteiger partial charge >= 0.3 is 0 Å². The average Bonchev–Trinajstić information content (AvgIpc) is 2.26. The number of alkyl halides is 1. The lowest BCUT2D eigenvalue weighted by Gasteiger charge is -2.35. The first kappa shape index (κ1) is 8.30. The highest BCUT2D eigenvalue weighted by Crippen LogP contribution is 2.37. The summed E-state index contributed by atoms with van der Waals surface area (Å²) in [6.45, 7) is 0. The highest BCUT2D eigenvalue weighted by molar-refractivity contribution is 14.1. The van der Waals surface area contributed by atoms with Crippen molar-refractivity contribution in [2.24, 2.45) is 5.92 Å². The van der Waals surface area contributed by atoms with Crippen molar-refractivity contribution >= 4 is 22.6 Å². The number of fused-ring (bicyclic) bond motifs is 2. The summed E-state index contributed by atoms with van der Waals surface area (Å²) in [7, 11) is 2.31. The van der Waals surface area contributed by atoms with Gasteiger partial charge in [0.25, 0.3) is 0 Å². The van der Waals surface area contributed by atoms with E-state index in [2.05, 4.69) is 34.5 Å². The molecule has 0 aromatic carbocycles. The van der Waals surface area contributed by atoms with Crippen LogP contribution in [0.1, 0.15) is 25.7 Å². The summed E-state index contributed by atoms with van der Waals surface area (Å²) in [6.07, 6.45) is 5.87. The average molecular weight is 265 g/mol. The maximum Gasteiger partial charge on any atom is 0.00986 e. The van der Waals surface area contributed by atoms with Gasteiger partial charge in [-0.1, -0.05) is 22.6 Å². The molecule has 0 amide bonds. The molecular formula is C9H16IN. The maximum absolute atomic E-state index is 2.61. The van der Waals surface area contributed by atoms with Gasteiger partial charge in [-0.25, -0.2) is 0 Å². The van der Waals surface area contributed by atoms with Crippen LogP contribution in [0.4, 0.5) is 0 Å². The Morgan fingerprint density at radius 1 is 1.27 bits per heavy atom. The fraction of sp³-hybridized carbons (Fsp3) is 1.00. The minimum Gasteiger partial charge on any atom is -0.300 e. The van der Waals surface area contributed by atoms with Crippen molar-refractivity contribution in [2.45, 2.75) is 37.8 Å². The molecule has 2 unspecified atom stereocenters. The van der Waals surface area contributed by atoms with E-state index in [4.69, 9.17) is 0 Å². The van der Waals surface area contributed by atoms with Gasteiger partial charge in [-0.3, -0.25) is 0 Å². The van der Waals surface area contributed by atoms with Gasteiger partial charge in [0.1, 0.15) is 0 Å². The molecule has 0 radical (unpaired) electrons. The molecule has 11 heavy (non-hydrogen) atoms. The van der Waals surface area contributed by atoms with E-state index in [0.717, 1.165) is 18.0 Å². The van der Waals surface area contributed by atoms with E-state index in [-0.39, 0.29) is 0 Å². The molecule has 2 atom stereocenters. The van der Waals surface area contributed by atoms with Gasteiger partial charge in [0.05, 0.1) is 0 Å². The summed E-state index contributed by atoms with van der Waals surface area (Å²) >= 11 is 2.54. The van der Waals surface area contributed by atoms with Crippen molar-refractivity contribution < 1.29 is 0 Å². The van der Waals surface area contributed by atoms with Crippen molar-refractivity contribution in [3.63, 3.8) is 0 Å². The van der Waals surface area contributed by atoms with Gasteiger partial charge in [-0.05, 0) is 38.6 Å². The van der Waals surface area contributed by atoms with Gasteiger partial charge < -0.3 is 4.90 Å². The predicted molar refractivity (Wildman–Crippen MR) is 56.2 cm³/mol. The molecule has 64 valence electrons. The molecule has 2 aliphatic heterocycles. The van der Waals surface area contributed by atoms with Gasteiger partial charge in [0.2, 0.25) is 0 Å². The molecule has 2 heterocycles. The highest BCUT2D eigenvalue weighted by atomic mass is 127. The Kier molecular flexibility index (Phi) is 2.42. The first-order valence-electron chi connectivity index (χ1n) is 4.59. The lowest BCUT2D eigenvalue weighted by Crippen LogP contribution is -2.40. The largest absolute Gasteiger partial charge is 0.300 e. The summed E-state index contributed by atoms with van der Waals surface area (Å²) < 4.78 is 1.37. The molecule has 2 fully saturated rings. The number of halogens is 1. The lowest BCUT2D eigenvalue weighted by atomic mass is 9.93. The van der Waals surface area contributed by atoms with E-state index < -0.39 is 0 Å². The minimum atomic E-state index is 0.938. The molecular weight excluding hydrogens is 249 g/mol. The Morgan fingerprint density at radius 2 is 1.82 bits per heavy atom. The molecule has 0 saturated carbocycles. The third-order valence-electron chi connectivity index (χ3n) is 3.41. The van der Waals surface area contributed by atoms with Crippen LogP contribution in [0.15, 0.2) is 0 Å². The van der Waals surface area contributed by atoms with Crippen molar-refractivity contribution in [2.75, 3.05) is 11.5 Å². The van der Waals surface area contributed by atoms with E-state index in [0.29, 0.717) is 0 Å². The van der Waals surface area contributed by atoms with Crippen molar-refractivity contribution in [1.29, 1.82) is 0 Å². The SMILES string of the molecule is CN1C2CCC1CC(CI)C2. The summed E-state index contributed by atoms with van der Waals surface area (Å²) in [5.74, 6) is 1.03. The summed E-state index contributed by atoms with van der Waals surface area (Å²) in [5.41, 5.74) is 0. The molecule has 0 N–H and O–H groups in total. The zero-order valence-electron chi connectivity index (χ0n) is 7.09. The quantitative estimate of drug-likeness (QED) is 0.519. The zero-order valence-corrected chi connectivity index (χ0v) is 9.25. The van der Waals surface area contributed by atoms with Crippen LogP contribution in [0.5, 0.6) is 0 Å². The topological polar surface area (TPSA) is 3.24 Å². The summed E-state index contributed by atoms with van der Waals surface area (Å²) in [4.78, 5) is 2.61. The predicted octanol–water partition coefficient (Wildman–Crippen LogP) is 2.29. The Bertz CT molecular complexity index is 134. The monoisotopic (exact) mass is 265 g/mol. The number of rotatable bonds is 1. The van der Waals surface area contributed by atoms with Crippen LogP contribution in [-0.2, 0) is 0 Å². The van der Waals surface area contributed by atoms with E-state index in [1.807, 2.05) is 0 Å². The Balaban J connectivity index is 2.02. The molecule has 0 aromatic rings. The lowest BCUT2D eigenvalue weighted by molar-refractivity contribution is 0.144. The normalized spacial score (nSPS) is 44.7. The van der Waals surface area contributed by atoms with Gasteiger partial charge in [-0.15, -0.1) is 0 Å². The van der Waals surface area contributed by atoms with E-state index in [1.165, 1.54) is 30.1 Å². The summed E-state index contributed by atoms with van der Waals surface area (Å²) in [6, 6.07) is 1.88. The molecule has 2 heteroatoms. The molecule has 2 rings (SSSR count). The fourth-order valence-electron chi connectivity index (χ4n) is 2.65. The first-order valence-corrected chi connectivity index (χ1v) is 6.11. The van der Waals surface area contributed by atoms with Crippen LogP contribution < -0.4 is 0 Å². The Hall–Kier alpha value is 0.690. The third-order valence-corrected chi connectivity index (χ3v) is 4.66. The number of hydrogen-bond acceptors (Lipinski definition) is 1. The van der Waals surface area contributed by atoms with Crippen LogP contribution in [0.3, 0.4) is 0 Å². The van der Waals surface area contributed by atoms with Crippen molar-refractivity contribution in [1.82, 2.24) is 4.90 Å². The first-order chi connectivity index (χ1) is 5.31. The molecule has 2 bridgehead atoms. The van der Waals surface area contributed by atoms with Crippen molar-refractivity contribution in [3.8, 4) is 0 Å². The second kappa shape index (κ2) is 3.21. The maximum atomic E-state index is 2.61. The molecule has 1 nitrogen and oxygen atoms in total. The minimum absolute atomic E-state index is 0.938. The van der Waals surface area contributed by atoms with Crippen LogP contribution in [0.2, 0.25) is 0 Å². The molecule has 0 aromatic heterocycles. The van der Waals surface area contributed by atoms with Gasteiger partial charge in [-0.2, -0.15) is 0 Å². The standard InChI is InChI=1S/C9H16IN/c1-11-8-2-3-9(11)5-7(4-8)6-10/h7-9H,2-6H2,1H3. The smallest absolute Gasteiger partial charge is 0.00986 e. The van der Waals surface area contributed by atoms with Gasteiger partial charge in [0.15, 0.2) is 0 Å². The van der Waals surface area contributed by atoms with Crippen LogP contribution in [0.25, 0.3) is 0 Å². The number of piperidine rings is 1. The number of hydrogen-bond donors (Lipinski definition) is 0. The Morgan fingerprint density at radius 3 is 2.27 bits per heavy atom. The van der Waals surface area contributed by atoms with E-state index >= 15 is 0 Å². The second-order valence-corrected chi connectivity index (χ2v) is 4.92. The molecule has 2 saturated heterocycles. The van der Waals surface area contributed by atoms with E-state index in [1.54, 1.807) is 0 Å². The fourth-order valence-corrected chi connectivity index (χ4v) is 3.37. The molecule has 2 aliphatic rings.